The minimum Gasteiger partial charge on any atom is -0.349 e. The Kier molecular flexibility index (Phi) is 5.76. The lowest BCUT2D eigenvalue weighted by atomic mass is 9.87. The monoisotopic (exact) mass is 489 g/mol. The van der Waals surface area contributed by atoms with Crippen LogP contribution in [0.4, 0.5) is 9.52 Å². The van der Waals surface area contributed by atoms with Gasteiger partial charge in [-0.2, -0.15) is 10.1 Å². The first kappa shape index (κ1) is 22.2. The molecule has 180 valence electrons. The van der Waals surface area contributed by atoms with Crippen molar-refractivity contribution in [3.8, 4) is 5.69 Å². The van der Waals surface area contributed by atoms with Gasteiger partial charge < -0.3 is 10.2 Å². The molecule has 0 radical (unpaired) electrons. The largest absolute Gasteiger partial charge is 0.349 e. The molecule has 2 atom stereocenters. The lowest BCUT2D eigenvalue weighted by Crippen LogP contribution is -2.44. The smallest absolute Gasteiger partial charge is 0.225 e. The van der Waals surface area contributed by atoms with Gasteiger partial charge in [-0.3, -0.25) is 4.79 Å². The number of hydrogen-bond donors (Lipinski definition) is 1. The Hall–Kier alpha value is -3.26. The highest BCUT2D eigenvalue weighted by atomic mass is 32.1. The third kappa shape index (κ3) is 4.20. The zero-order chi connectivity index (χ0) is 23.9. The van der Waals surface area contributed by atoms with Gasteiger partial charge in [0, 0.05) is 13.1 Å². The van der Waals surface area contributed by atoms with Gasteiger partial charge in [0.15, 0.2) is 10.8 Å². The molecule has 1 saturated heterocycles. The lowest BCUT2D eigenvalue weighted by Gasteiger charge is -2.33. The van der Waals surface area contributed by atoms with E-state index in [1.54, 1.807) is 28.2 Å². The number of piperidine rings is 1. The molecule has 6 nitrogen and oxygen atoms in total. The molecule has 6 rings (SSSR count). The summed E-state index contributed by atoms with van der Waals surface area (Å²) < 4.78 is 16.2. The fraction of sp³-hybridized carbons (Fsp3) is 0.370. The van der Waals surface area contributed by atoms with Crippen molar-refractivity contribution in [1.29, 1.82) is 0 Å². The quantitative estimate of drug-likeness (QED) is 0.420. The number of carbonyl (C=O) groups is 1. The second-order valence-electron chi connectivity index (χ2n) is 9.56. The van der Waals surface area contributed by atoms with E-state index in [0.29, 0.717) is 6.54 Å². The van der Waals surface area contributed by atoms with Crippen LogP contribution in [-0.4, -0.2) is 33.8 Å². The minimum atomic E-state index is -0.276. The molecule has 8 heteroatoms. The third-order valence-corrected chi connectivity index (χ3v) is 8.41. The van der Waals surface area contributed by atoms with Crippen LogP contribution in [0.5, 0.6) is 0 Å². The van der Waals surface area contributed by atoms with E-state index < -0.39 is 0 Å². The summed E-state index contributed by atoms with van der Waals surface area (Å²) in [5.74, 6) is -0.187. The maximum Gasteiger partial charge on any atom is 0.225 e. The number of amides is 1. The van der Waals surface area contributed by atoms with Crippen LogP contribution >= 0.6 is 11.3 Å². The number of carbonyl (C=O) groups excluding carboxylic acids is 1. The van der Waals surface area contributed by atoms with Crippen LogP contribution in [-0.2, 0) is 11.2 Å². The second kappa shape index (κ2) is 9.07. The van der Waals surface area contributed by atoms with Crippen molar-refractivity contribution in [2.24, 2.45) is 5.92 Å². The molecule has 1 amide bonds. The Morgan fingerprint density at radius 1 is 1.11 bits per heavy atom. The first-order chi connectivity index (χ1) is 17.1. The van der Waals surface area contributed by atoms with E-state index in [0.717, 1.165) is 65.5 Å². The van der Waals surface area contributed by atoms with Crippen LogP contribution in [0.2, 0.25) is 0 Å². The number of fused-ring (bicyclic) bond motifs is 2. The SMILES string of the molecule is Cc1nn(-c2ccc(F)cc2)c2nc(N3CCC[C@H](C(=O)N[C@@H]4CCCc5ccccc54)C3)sc12. The summed E-state index contributed by atoms with van der Waals surface area (Å²) in [6.45, 7) is 3.52. The molecule has 1 aliphatic heterocycles. The summed E-state index contributed by atoms with van der Waals surface area (Å²) >= 11 is 1.61. The lowest BCUT2D eigenvalue weighted by molar-refractivity contribution is -0.126. The van der Waals surface area contributed by atoms with Crippen LogP contribution < -0.4 is 10.2 Å². The first-order valence-corrected chi connectivity index (χ1v) is 13.1. The van der Waals surface area contributed by atoms with E-state index >= 15 is 0 Å². The predicted molar refractivity (Wildman–Crippen MR) is 137 cm³/mol. The summed E-state index contributed by atoms with van der Waals surface area (Å²) in [6.07, 6.45) is 5.04. The average Bonchev–Trinajstić information content (AvgIpc) is 3.45. The molecule has 35 heavy (non-hydrogen) atoms. The van der Waals surface area contributed by atoms with Gasteiger partial charge in [-0.15, -0.1) is 0 Å². The molecule has 1 N–H and O–H groups in total. The van der Waals surface area contributed by atoms with E-state index in [1.807, 2.05) is 6.92 Å². The van der Waals surface area contributed by atoms with Crippen LogP contribution in [0, 0.1) is 18.7 Å². The van der Waals surface area contributed by atoms with Crippen LogP contribution in [0.3, 0.4) is 0 Å². The molecule has 0 unspecified atom stereocenters. The van der Waals surface area contributed by atoms with Crippen molar-refractivity contribution in [3.63, 3.8) is 0 Å². The van der Waals surface area contributed by atoms with E-state index in [2.05, 4.69) is 39.6 Å². The molecule has 4 aromatic rings. The third-order valence-electron chi connectivity index (χ3n) is 7.20. The van der Waals surface area contributed by atoms with Gasteiger partial charge in [0.1, 0.15) is 5.82 Å². The summed E-state index contributed by atoms with van der Waals surface area (Å²) in [5.41, 5.74) is 5.08. The first-order valence-electron chi connectivity index (χ1n) is 12.3. The highest BCUT2D eigenvalue weighted by molar-refractivity contribution is 7.22. The second-order valence-corrected chi connectivity index (χ2v) is 10.5. The maximum atomic E-state index is 13.4. The predicted octanol–water partition coefficient (Wildman–Crippen LogP) is 5.34. The number of hydrogen-bond acceptors (Lipinski definition) is 5. The van der Waals surface area contributed by atoms with Crippen molar-refractivity contribution in [3.05, 3.63) is 71.2 Å². The molecule has 3 heterocycles. The van der Waals surface area contributed by atoms with Crippen molar-refractivity contribution in [2.75, 3.05) is 18.0 Å². The Morgan fingerprint density at radius 2 is 1.94 bits per heavy atom. The van der Waals surface area contributed by atoms with E-state index in [9.17, 15) is 9.18 Å². The normalized spacial score (nSPS) is 20.1. The molecule has 2 aliphatic rings. The molecule has 0 bridgehead atoms. The maximum absolute atomic E-state index is 13.4. The zero-order valence-electron chi connectivity index (χ0n) is 19.7. The molecular formula is C27H28FN5OS. The van der Waals surface area contributed by atoms with Gasteiger partial charge in [-0.25, -0.2) is 9.07 Å². The number of benzene rings is 2. The molecule has 1 aliphatic carbocycles. The van der Waals surface area contributed by atoms with Gasteiger partial charge in [0.05, 0.1) is 28.0 Å². The molecule has 2 aromatic carbocycles. The van der Waals surface area contributed by atoms with Crippen LogP contribution in [0.15, 0.2) is 48.5 Å². The fourth-order valence-corrected chi connectivity index (χ4v) is 6.40. The van der Waals surface area contributed by atoms with Crippen LogP contribution in [0.25, 0.3) is 16.0 Å². The number of halogens is 1. The summed E-state index contributed by atoms with van der Waals surface area (Å²) in [7, 11) is 0. The highest BCUT2D eigenvalue weighted by Crippen LogP contribution is 2.35. The molecule has 1 fully saturated rings. The molecule has 0 saturated carbocycles. The molecule has 0 spiro atoms. The number of anilines is 1. The number of aryl methyl sites for hydroxylation is 2. The number of thiazole rings is 1. The van der Waals surface area contributed by atoms with E-state index in [-0.39, 0.29) is 23.7 Å². The highest BCUT2D eigenvalue weighted by Gasteiger charge is 2.31. The van der Waals surface area contributed by atoms with Crippen molar-refractivity contribution in [2.45, 2.75) is 45.1 Å². The van der Waals surface area contributed by atoms with Crippen LogP contribution in [0.1, 0.15) is 48.5 Å². The number of rotatable bonds is 4. The number of nitrogens with one attached hydrogen (secondary N) is 1. The average molecular weight is 490 g/mol. The van der Waals surface area contributed by atoms with Crippen molar-refractivity contribution >= 4 is 32.7 Å². The van der Waals surface area contributed by atoms with Gasteiger partial charge in [0.25, 0.3) is 0 Å². The Morgan fingerprint density at radius 3 is 2.80 bits per heavy atom. The molecule has 2 aromatic heterocycles. The van der Waals surface area contributed by atoms with E-state index in [4.69, 9.17) is 4.98 Å². The van der Waals surface area contributed by atoms with Gasteiger partial charge >= 0.3 is 0 Å². The minimum absolute atomic E-state index is 0.0560. The Balaban J connectivity index is 1.21. The van der Waals surface area contributed by atoms with Gasteiger partial charge in [-0.05, 0) is 74.4 Å². The van der Waals surface area contributed by atoms with Gasteiger partial charge in [-0.1, -0.05) is 35.6 Å². The number of aromatic nitrogens is 3. The topological polar surface area (TPSA) is 63.1 Å². The Bertz CT molecular complexity index is 1380. The van der Waals surface area contributed by atoms with E-state index in [1.165, 1.54) is 23.3 Å². The van der Waals surface area contributed by atoms with Crippen molar-refractivity contribution in [1.82, 2.24) is 20.1 Å². The van der Waals surface area contributed by atoms with Gasteiger partial charge in [0.2, 0.25) is 5.91 Å². The Labute approximate surface area is 207 Å². The summed E-state index contributed by atoms with van der Waals surface area (Å²) in [4.78, 5) is 20.4. The fourth-order valence-electron chi connectivity index (χ4n) is 5.38. The summed E-state index contributed by atoms with van der Waals surface area (Å²) in [5, 5.41) is 8.89. The zero-order valence-corrected chi connectivity index (χ0v) is 20.5. The molecular weight excluding hydrogens is 461 g/mol. The standard InChI is InChI=1S/C27H28FN5OS/c1-17-24-25(33(31-17)21-13-11-20(28)12-14-21)30-27(35-24)32-15-5-8-19(16-32)26(34)29-23-10-4-7-18-6-2-3-9-22(18)23/h2-3,6,9,11-14,19,23H,4-5,7-8,10,15-16H2,1H3,(H,29,34)/t19-,23+/m0/s1. The van der Waals surface area contributed by atoms with Crippen molar-refractivity contribution < 1.29 is 9.18 Å². The number of nitrogens with zero attached hydrogens (tertiary/aromatic N) is 4. The summed E-state index contributed by atoms with van der Waals surface area (Å²) in [6, 6.07) is 14.9.